The van der Waals surface area contributed by atoms with Crippen molar-refractivity contribution in [3.8, 4) is 0 Å². The number of hydrazone groups is 1. The number of amides is 1. The quantitative estimate of drug-likeness (QED) is 0.527. The van der Waals surface area contributed by atoms with E-state index in [-0.39, 0.29) is 5.91 Å². The van der Waals surface area contributed by atoms with Gasteiger partial charge in [0.15, 0.2) is 0 Å². The number of benzene rings is 2. The molecular formula is C18H15ClN2OS. The van der Waals surface area contributed by atoms with Crippen LogP contribution in [-0.4, -0.2) is 11.6 Å². The molecule has 1 aromatic heterocycles. The number of halogens is 1. The Morgan fingerprint density at radius 1 is 1.17 bits per heavy atom. The van der Waals surface area contributed by atoms with Crippen LogP contribution < -0.4 is 5.43 Å². The third-order valence-corrected chi connectivity index (χ3v) is 5.18. The molecule has 0 aliphatic rings. The molecule has 23 heavy (non-hydrogen) atoms. The monoisotopic (exact) mass is 342 g/mol. The number of aryl methyl sites for hydroxylation is 1. The van der Waals surface area contributed by atoms with Gasteiger partial charge in [-0.2, -0.15) is 5.10 Å². The van der Waals surface area contributed by atoms with Crippen molar-refractivity contribution in [1.29, 1.82) is 0 Å². The summed E-state index contributed by atoms with van der Waals surface area (Å²) in [5.74, 6) is -0.289. The molecule has 0 aliphatic heterocycles. The third-order valence-electron chi connectivity index (χ3n) is 3.50. The standard InChI is InChI=1S/C18H15ClN2OS/c1-11-6-5-7-13(10-11)12(2)20-21-18(22)17-16(19)14-8-3-4-9-15(14)23-17/h3-10H,1-2H3,(H,21,22). The Morgan fingerprint density at radius 3 is 2.70 bits per heavy atom. The van der Waals surface area contributed by atoms with Crippen LogP contribution in [0.5, 0.6) is 0 Å². The van der Waals surface area contributed by atoms with E-state index < -0.39 is 0 Å². The average molecular weight is 343 g/mol. The molecule has 116 valence electrons. The van der Waals surface area contributed by atoms with Crippen molar-refractivity contribution in [2.45, 2.75) is 13.8 Å². The minimum atomic E-state index is -0.289. The fourth-order valence-corrected chi connectivity index (χ4v) is 3.69. The fourth-order valence-electron chi connectivity index (χ4n) is 2.28. The Labute approximate surface area is 143 Å². The summed E-state index contributed by atoms with van der Waals surface area (Å²) >= 11 is 7.67. The van der Waals surface area contributed by atoms with E-state index in [4.69, 9.17) is 11.6 Å². The van der Waals surface area contributed by atoms with Gasteiger partial charge in [-0.25, -0.2) is 5.43 Å². The lowest BCUT2D eigenvalue weighted by Gasteiger charge is -2.03. The van der Waals surface area contributed by atoms with Crippen LogP contribution in [0.15, 0.2) is 53.6 Å². The molecule has 0 unspecified atom stereocenters. The minimum Gasteiger partial charge on any atom is -0.266 e. The lowest BCUT2D eigenvalue weighted by atomic mass is 10.1. The molecule has 2 aromatic carbocycles. The van der Waals surface area contributed by atoms with E-state index in [0.29, 0.717) is 9.90 Å². The van der Waals surface area contributed by atoms with Gasteiger partial charge in [0.05, 0.1) is 10.7 Å². The van der Waals surface area contributed by atoms with Crippen molar-refractivity contribution < 1.29 is 4.79 Å². The first-order valence-corrected chi connectivity index (χ1v) is 8.34. The molecule has 1 amide bonds. The zero-order valence-electron chi connectivity index (χ0n) is 12.8. The van der Waals surface area contributed by atoms with Crippen molar-refractivity contribution >= 4 is 44.6 Å². The van der Waals surface area contributed by atoms with E-state index in [1.807, 2.05) is 62.4 Å². The predicted molar refractivity (Wildman–Crippen MR) is 97.7 cm³/mol. The number of nitrogens with one attached hydrogen (secondary N) is 1. The first-order chi connectivity index (χ1) is 11.1. The Hall–Kier alpha value is -2.17. The average Bonchev–Trinajstić information content (AvgIpc) is 2.90. The largest absolute Gasteiger partial charge is 0.283 e. The smallest absolute Gasteiger partial charge is 0.266 e. The first-order valence-electron chi connectivity index (χ1n) is 7.15. The van der Waals surface area contributed by atoms with Gasteiger partial charge in [-0.3, -0.25) is 4.79 Å². The number of thiophene rings is 1. The molecule has 3 rings (SSSR count). The molecule has 1 N–H and O–H groups in total. The Bertz CT molecular complexity index is 914. The molecule has 0 saturated heterocycles. The van der Waals surface area contributed by atoms with Gasteiger partial charge >= 0.3 is 0 Å². The summed E-state index contributed by atoms with van der Waals surface area (Å²) in [6.07, 6.45) is 0. The van der Waals surface area contributed by atoms with Crippen LogP contribution in [0.2, 0.25) is 5.02 Å². The second-order valence-corrected chi connectivity index (χ2v) is 6.68. The molecule has 0 spiro atoms. The molecular weight excluding hydrogens is 328 g/mol. The van der Waals surface area contributed by atoms with Gasteiger partial charge in [-0.15, -0.1) is 11.3 Å². The second kappa shape index (κ2) is 6.52. The number of fused-ring (bicyclic) bond motifs is 1. The Morgan fingerprint density at radius 2 is 1.96 bits per heavy atom. The van der Waals surface area contributed by atoms with Crippen molar-refractivity contribution in [2.24, 2.45) is 5.10 Å². The molecule has 3 nitrogen and oxygen atoms in total. The number of carbonyl (C=O) groups excluding carboxylic acids is 1. The van der Waals surface area contributed by atoms with Crippen LogP contribution in [0.25, 0.3) is 10.1 Å². The molecule has 0 saturated carbocycles. The summed E-state index contributed by atoms with van der Waals surface area (Å²) < 4.78 is 0.988. The highest BCUT2D eigenvalue weighted by atomic mass is 35.5. The van der Waals surface area contributed by atoms with E-state index in [9.17, 15) is 4.79 Å². The van der Waals surface area contributed by atoms with E-state index in [2.05, 4.69) is 10.5 Å². The SMILES string of the molecule is CC(=NNC(=O)c1sc2ccccc2c1Cl)c1cccc(C)c1. The highest BCUT2D eigenvalue weighted by Gasteiger charge is 2.16. The molecule has 0 bridgehead atoms. The predicted octanol–water partition coefficient (Wildman–Crippen LogP) is 5.02. The van der Waals surface area contributed by atoms with Crippen LogP contribution >= 0.6 is 22.9 Å². The summed E-state index contributed by atoms with van der Waals surface area (Å²) in [7, 11) is 0. The van der Waals surface area contributed by atoms with Crippen LogP contribution in [0.4, 0.5) is 0 Å². The number of rotatable bonds is 3. The maximum absolute atomic E-state index is 12.3. The lowest BCUT2D eigenvalue weighted by molar-refractivity contribution is 0.0959. The van der Waals surface area contributed by atoms with Gasteiger partial charge in [0, 0.05) is 10.1 Å². The molecule has 0 fully saturated rings. The van der Waals surface area contributed by atoms with E-state index in [1.54, 1.807) is 0 Å². The van der Waals surface area contributed by atoms with Crippen molar-refractivity contribution in [3.05, 3.63) is 69.6 Å². The van der Waals surface area contributed by atoms with Crippen LogP contribution in [0.3, 0.4) is 0 Å². The van der Waals surface area contributed by atoms with E-state index >= 15 is 0 Å². The van der Waals surface area contributed by atoms with Gasteiger partial charge in [0.1, 0.15) is 4.88 Å². The zero-order chi connectivity index (χ0) is 16.4. The van der Waals surface area contributed by atoms with Gasteiger partial charge < -0.3 is 0 Å². The fraction of sp³-hybridized carbons (Fsp3) is 0.111. The third kappa shape index (κ3) is 3.28. The summed E-state index contributed by atoms with van der Waals surface area (Å²) in [5, 5.41) is 5.56. The Balaban J connectivity index is 1.83. The molecule has 0 radical (unpaired) electrons. The highest BCUT2D eigenvalue weighted by Crippen LogP contribution is 2.34. The van der Waals surface area contributed by atoms with Gasteiger partial charge in [-0.1, -0.05) is 59.6 Å². The van der Waals surface area contributed by atoms with Crippen molar-refractivity contribution in [3.63, 3.8) is 0 Å². The van der Waals surface area contributed by atoms with Crippen LogP contribution in [-0.2, 0) is 0 Å². The van der Waals surface area contributed by atoms with E-state index in [0.717, 1.165) is 26.9 Å². The van der Waals surface area contributed by atoms with Gasteiger partial charge in [-0.05, 0) is 25.5 Å². The maximum Gasteiger partial charge on any atom is 0.283 e. The highest BCUT2D eigenvalue weighted by molar-refractivity contribution is 7.21. The summed E-state index contributed by atoms with van der Waals surface area (Å²) in [6, 6.07) is 15.7. The molecule has 0 atom stereocenters. The summed E-state index contributed by atoms with van der Waals surface area (Å²) in [6.45, 7) is 3.88. The normalized spacial score (nSPS) is 11.7. The Kier molecular flexibility index (Phi) is 4.46. The minimum absolute atomic E-state index is 0.289. The van der Waals surface area contributed by atoms with Crippen molar-refractivity contribution in [1.82, 2.24) is 5.43 Å². The van der Waals surface area contributed by atoms with Crippen LogP contribution in [0, 0.1) is 6.92 Å². The molecule has 1 heterocycles. The van der Waals surface area contributed by atoms with Gasteiger partial charge in [0.2, 0.25) is 0 Å². The second-order valence-electron chi connectivity index (χ2n) is 5.25. The number of carbonyl (C=O) groups is 1. The van der Waals surface area contributed by atoms with Crippen LogP contribution in [0.1, 0.15) is 27.7 Å². The van der Waals surface area contributed by atoms with E-state index in [1.165, 1.54) is 11.3 Å². The van der Waals surface area contributed by atoms with Crippen molar-refractivity contribution in [2.75, 3.05) is 0 Å². The number of nitrogens with zero attached hydrogens (tertiary/aromatic N) is 1. The molecule has 5 heteroatoms. The summed E-state index contributed by atoms with van der Waals surface area (Å²) in [4.78, 5) is 12.8. The summed E-state index contributed by atoms with van der Waals surface area (Å²) in [5.41, 5.74) is 5.47. The first kappa shape index (κ1) is 15.7. The van der Waals surface area contributed by atoms with Gasteiger partial charge in [0.25, 0.3) is 5.91 Å². The topological polar surface area (TPSA) is 41.5 Å². The molecule has 0 aliphatic carbocycles. The molecule has 3 aromatic rings. The zero-order valence-corrected chi connectivity index (χ0v) is 14.3. The maximum atomic E-state index is 12.3. The number of hydrogen-bond acceptors (Lipinski definition) is 3. The number of hydrogen-bond donors (Lipinski definition) is 1. The lowest BCUT2D eigenvalue weighted by Crippen LogP contribution is -2.18.